The second-order valence-electron chi connectivity index (χ2n) is 4.27. The van der Waals surface area contributed by atoms with E-state index in [-0.39, 0.29) is 0 Å². The number of benzene rings is 1. The van der Waals surface area contributed by atoms with Crippen LogP contribution >= 0.6 is 15.9 Å². The summed E-state index contributed by atoms with van der Waals surface area (Å²) in [4.78, 5) is 4.32. The summed E-state index contributed by atoms with van der Waals surface area (Å²) in [6, 6.07) is 7.73. The van der Waals surface area contributed by atoms with Crippen molar-refractivity contribution in [3.8, 4) is 11.5 Å². The van der Waals surface area contributed by atoms with Gasteiger partial charge in [-0.3, -0.25) is 0 Å². The maximum atomic E-state index is 5.56. The summed E-state index contributed by atoms with van der Waals surface area (Å²) in [7, 11) is 0. The zero-order valence-corrected chi connectivity index (χ0v) is 12.0. The Kier molecular flexibility index (Phi) is 3.29. The first-order valence-electron chi connectivity index (χ1n) is 6.02. The summed E-state index contributed by atoms with van der Waals surface area (Å²) in [5, 5.41) is 3.27. The van der Waals surface area contributed by atoms with Crippen LogP contribution in [0.25, 0.3) is 0 Å². The predicted octanol–water partition coefficient (Wildman–Crippen LogP) is 3.67. The van der Waals surface area contributed by atoms with Crippen LogP contribution in [0.2, 0.25) is 0 Å². The van der Waals surface area contributed by atoms with Gasteiger partial charge in [-0.05, 0) is 46.6 Å². The van der Waals surface area contributed by atoms with Gasteiger partial charge in [-0.25, -0.2) is 4.98 Å². The summed E-state index contributed by atoms with van der Waals surface area (Å²) in [6.45, 7) is 3.22. The molecule has 0 amide bonds. The van der Waals surface area contributed by atoms with Gasteiger partial charge in [-0.15, -0.1) is 0 Å². The van der Waals surface area contributed by atoms with Crippen molar-refractivity contribution in [2.45, 2.75) is 6.92 Å². The third-order valence-electron chi connectivity index (χ3n) is 2.89. The average Bonchev–Trinajstić information content (AvgIpc) is 2.44. The van der Waals surface area contributed by atoms with Gasteiger partial charge in [0.15, 0.2) is 11.5 Å². The van der Waals surface area contributed by atoms with Gasteiger partial charge in [0.25, 0.3) is 0 Å². The molecule has 0 fully saturated rings. The maximum absolute atomic E-state index is 5.56. The molecule has 0 saturated heterocycles. The standard InChI is InChI=1S/C14H13BrN2O2/c1-9-4-5-16-14(13(9)15)17-10-2-3-11-12(8-10)19-7-6-18-11/h2-5,8H,6-7H2,1H3,(H,16,17). The van der Waals surface area contributed by atoms with Crippen LogP contribution in [0.3, 0.4) is 0 Å². The van der Waals surface area contributed by atoms with Gasteiger partial charge >= 0.3 is 0 Å². The molecule has 19 heavy (non-hydrogen) atoms. The smallest absolute Gasteiger partial charge is 0.163 e. The molecule has 0 aliphatic carbocycles. The Morgan fingerprint density at radius 2 is 1.95 bits per heavy atom. The van der Waals surface area contributed by atoms with Gasteiger partial charge in [0.2, 0.25) is 0 Å². The van der Waals surface area contributed by atoms with Crippen molar-refractivity contribution in [3.63, 3.8) is 0 Å². The summed E-state index contributed by atoms with van der Waals surface area (Å²) < 4.78 is 12.0. The predicted molar refractivity (Wildman–Crippen MR) is 77.4 cm³/mol. The minimum absolute atomic E-state index is 0.586. The highest BCUT2D eigenvalue weighted by molar-refractivity contribution is 9.10. The molecular weight excluding hydrogens is 308 g/mol. The van der Waals surface area contributed by atoms with Gasteiger partial charge in [0.05, 0.1) is 4.47 Å². The van der Waals surface area contributed by atoms with E-state index in [9.17, 15) is 0 Å². The molecule has 0 saturated carbocycles. The number of pyridine rings is 1. The fourth-order valence-corrected chi connectivity index (χ4v) is 2.22. The molecule has 5 heteroatoms. The Bertz CT molecular complexity index is 616. The van der Waals surface area contributed by atoms with Crippen molar-refractivity contribution in [1.29, 1.82) is 0 Å². The van der Waals surface area contributed by atoms with Crippen LogP contribution < -0.4 is 14.8 Å². The van der Waals surface area contributed by atoms with Crippen LogP contribution in [0.4, 0.5) is 11.5 Å². The third kappa shape index (κ3) is 2.51. The van der Waals surface area contributed by atoms with Crippen LogP contribution in [-0.4, -0.2) is 18.2 Å². The van der Waals surface area contributed by atoms with Crippen molar-refractivity contribution in [2.24, 2.45) is 0 Å². The monoisotopic (exact) mass is 320 g/mol. The van der Waals surface area contributed by atoms with Crippen LogP contribution in [0.5, 0.6) is 11.5 Å². The molecule has 2 aromatic rings. The van der Waals surface area contributed by atoms with E-state index in [1.807, 2.05) is 31.2 Å². The minimum Gasteiger partial charge on any atom is -0.486 e. The third-order valence-corrected chi connectivity index (χ3v) is 3.89. The first kappa shape index (κ1) is 12.3. The summed E-state index contributed by atoms with van der Waals surface area (Å²) in [5.41, 5.74) is 2.05. The minimum atomic E-state index is 0.586. The number of hydrogen-bond acceptors (Lipinski definition) is 4. The van der Waals surface area contributed by atoms with Crippen molar-refractivity contribution in [3.05, 3.63) is 40.5 Å². The lowest BCUT2D eigenvalue weighted by molar-refractivity contribution is 0.171. The average molecular weight is 321 g/mol. The molecule has 1 N–H and O–H groups in total. The van der Waals surface area contributed by atoms with E-state index >= 15 is 0 Å². The highest BCUT2D eigenvalue weighted by atomic mass is 79.9. The summed E-state index contributed by atoms with van der Waals surface area (Å²) in [6.07, 6.45) is 1.78. The van der Waals surface area contributed by atoms with E-state index in [1.165, 1.54) is 0 Å². The topological polar surface area (TPSA) is 43.4 Å². The molecule has 1 aromatic heterocycles. The normalized spacial score (nSPS) is 13.2. The van der Waals surface area contributed by atoms with Crippen LogP contribution in [0, 0.1) is 6.92 Å². The molecule has 3 rings (SSSR count). The number of ether oxygens (including phenoxy) is 2. The SMILES string of the molecule is Cc1ccnc(Nc2ccc3c(c2)OCCO3)c1Br. The van der Waals surface area contributed by atoms with E-state index in [2.05, 4.69) is 26.2 Å². The van der Waals surface area contributed by atoms with Gasteiger partial charge < -0.3 is 14.8 Å². The quantitative estimate of drug-likeness (QED) is 0.916. The Morgan fingerprint density at radius 1 is 1.16 bits per heavy atom. The number of hydrogen-bond donors (Lipinski definition) is 1. The van der Waals surface area contributed by atoms with Crippen LogP contribution in [0.1, 0.15) is 5.56 Å². The second-order valence-corrected chi connectivity index (χ2v) is 5.07. The lowest BCUT2D eigenvalue weighted by Crippen LogP contribution is -2.15. The molecule has 0 spiro atoms. The van der Waals surface area contributed by atoms with Crippen LogP contribution in [0.15, 0.2) is 34.9 Å². The van der Waals surface area contributed by atoms with E-state index < -0.39 is 0 Å². The maximum Gasteiger partial charge on any atom is 0.163 e. The molecule has 1 aliphatic rings. The number of aryl methyl sites for hydroxylation is 1. The fourth-order valence-electron chi connectivity index (χ4n) is 1.89. The largest absolute Gasteiger partial charge is 0.486 e. The Hall–Kier alpha value is -1.75. The zero-order valence-electron chi connectivity index (χ0n) is 10.4. The Balaban J connectivity index is 1.89. The summed E-state index contributed by atoms with van der Waals surface area (Å²) in [5.74, 6) is 2.34. The van der Waals surface area contributed by atoms with Gasteiger partial charge in [0.1, 0.15) is 19.0 Å². The van der Waals surface area contributed by atoms with E-state index in [4.69, 9.17) is 9.47 Å². The lowest BCUT2D eigenvalue weighted by atomic mass is 10.2. The fraction of sp³-hybridized carbons (Fsp3) is 0.214. The molecule has 98 valence electrons. The molecule has 1 aliphatic heterocycles. The van der Waals surface area contributed by atoms with E-state index in [0.717, 1.165) is 33.0 Å². The number of nitrogens with zero attached hydrogens (tertiary/aromatic N) is 1. The Morgan fingerprint density at radius 3 is 2.79 bits per heavy atom. The molecule has 1 aromatic carbocycles. The molecule has 0 bridgehead atoms. The van der Waals surface area contributed by atoms with E-state index in [1.54, 1.807) is 6.20 Å². The van der Waals surface area contributed by atoms with Gasteiger partial charge in [-0.2, -0.15) is 0 Å². The number of aromatic nitrogens is 1. The number of anilines is 2. The molecule has 0 atom stereocenters. The highest BCUT2D eigenvalue weighted by Gasteiger charge is 2.12. The first-order valence-corrected chi connectivity index (χ1v) is 6.81. The first-order chi connectivity index (χ1) is 9.24. The molecule has 2 heterocycles. The van der Waals surface area contributed by atoms with Crippen molar-refractivity contribution < 1.29 is 9.47 Å². The van der Waals surface area contributed by atoms with Gasteiger partial charge in [-0.1, -0.05) is 0 Å². The lowest BCUT2D eigenvalue weighted by Gasteiger charge is -2.19. The number of halogens is 1. The molecule has 0 unspecified atom stereocenters. The highest BCUT2D eigenvalue weighted by Crippen LogP contribution is 2.34. The molecule has 4 nitrogen and oxygen atoms in total. The number of nitrogens with one attached hydrogen (secondary N) is 1. The van der Waals surface area contributed by atoms with Crippen molar-refractivity contribution in [1.82, 2.24) is 4.98 Å². The van der Waals surface area contributed by atoms with Crippen molar-refractivity contribution in [2.75, 3.05) is 18.5 Å². The number of rotatable bonds is 2. The van der Waals surface area contributed by atoms with E-state index in [0.29, 0.717) is 13.2 Å². The van der Waals surface area contributed by atoms with Gasteiger partial charge in [0, 0.05) is 18.0 Å². The Labute approximate surface area is 119 Å². The number of fused-ring (bicyclic) bond motifs is 1. The summed E-state index contributed by atoms with van der Waals surface area (Å²) >= 11 is 3.53. The van der Waals surface area contributed by atoms with Crippen LogP contribution in [-0.2, 0) is 0 Å². The second kappa shape index (κ2) is 5.09. The van der Waals surface area contributed by atoms with Crippen molar-refractivity contribution >= 4 is 27.4 Å². The molecule has 0 radical (unpaired) electrons. The molecular formula is C14H13BrN2O2. The zero-order chi connectivity index (χ0) is 13.2.